The lowest BCUT2D eigenvalue weighted by molar-refractivity contribution is -0.139. The monoisotopic (exact) mass is 300 g/mol. The Morgan fingerprint density at radius 1 is 1.05 bits per heavy atom. The van der Waals surface area contributed by atoms with E-state index in [1.165, 1.54) is 0 Å². The van der Waals surface area contributed by atoms with Gasteiger partial charge in [0.05, 0.1) is 19.6 Å². The fourth-order valence-corrected chi connectivity index (χ4v) is 2.27. The fraction of sp³-hybridized carbons (Fsp3) is 0.278. The molecule has 0 aliphatic rings. The van der Waals surface area contributed by atoms with E-state index >= 15 is 0 Å². The van der Waals surface area contributed by atoms with E-state index < -0.39 is 11.9 Å². The van der Waals surface area contributed by atoms with Crippen molar-refractivity contribution in [2.75, 3.05) is 13.7 Å². The molecule has 0 heterocycles. The summed E-state index contributed by atoms with van der Waals surface area (Å²) < 4.78 is 10.7. The van der Waals surface area contributed by atoms with Gasteiger partial charge in [0, 0.05) is 0 Å². The molecule has 2 aromatic rings. The lowest BCUT2D eigenvalue weighted by Gasteiger charge is -2.13. The zero-order valence-corrected chi connectivity index (χ0v) is 12.6. The highest BCUT2D eigenvalue weighted by Crippen LogP contribution is 2.22. The largest absolute Gasteiger partial charge is 0.497 e. The van der Waals surface area contributed by atoms with E-state index in [0.29, 0.717) is 19.4 Å². The molecule has 0 radical (unpaired) electrons. The highest BCUT2D eigenvalue weighted by Gasteiger charge is 2.18. The second kappa shape index (κ2) is 8.08. The summed E-state index contributed by atoms with van der Waals surface area (Å²) in [6.45, 7) is 0.489. The Hall–Kier alpha value is -2.49. The van der Waals surface area contributed by atoms with Crippen LogP contribution in [0.5, 0.6) is 11.5 Å². The predicted molar refractivity (Wildman–Crippen MR) is 84.5 cm³/mol. The smallest absolute Gasteiger partial charge is 0.310 e. The minimum atomic E-state index is -0.796. The Kier molecular flexibility index (Phi) is 5.83. The summed E-state index contributed by atoms with van der Waals surface area (Å²) in [5.74, 6) is 0.256. The van der Waals surface area contributed by atoms with Crippen molar-refractivity contribution in [2.45, 2.75) is 18.8 Å². The molecule has 0 aromatic heterocycles. The Balaban J connectivity index is 1.82. The van der Waals surface area contributed by atoms with Crippen LogP contribution in [0.3, 0.4) is 0 Å². The van der Waals surface area contributed by atoms with Gasteiger partial charge >= 0.3 is 5.97 Å². The second-order valence-corrected chi connectivity index (χ2v) is 4.97. The molecule has 22 heavy (non-hydrogen) atoms. The van der Waals surface area contributed by atoms with Crippen molar-refractivity contribution in [3.8, 4) is 11.5 Å². The van der Waals surface area contributed by atoms with Crippen LogP contribution in [0, 0.1) is 0 Å². The number of hydrogen-bond donors (Lipinski definition) is 1. The molecular formula is C18H20O4. The second-order valence-electron chi connectivity index (χ2n) is 4.97. The molecule has 4 nitrogen and oxygen atoms in total. The number of carbonyl (C=O) groups is 1. The van der Waals surface area contributed by atoms with Crippen LogP contribution in [-0.2, 0) is 4.79 Å². The van der Waals surface area contributed by atoms with Crippen LogP contribution < -0.4 is 9.47 Å². The molecule has 2 aromatic carbocycles. The minimum Gasteiger partial charge on any atom is -0.497 e. The Morgan fingerprint density at radius 3 is 2.27 bits per heavy atom. The van der Waals surface area contributed by atoms with Gasteiger partial charge in [-0.2, -0.15) is 0 Å². The van der Waals surface area contributed by atoms with Gasteiger partial charge in [-0.05, 0) is 42.7 Å². The molecule has 0 spiro atoms. The van der Waals surface area contributed by atoms with Crippen molar-refractivity contribution in [1.29, 1.82) is 0 Å². The average Bonchev–Trinajstić information content (AvgIpc) is 2.56. The van der Waals surface area contributed by atoms with Gasteiger partial charge < -0.3 is 14.6 Å². The fourth-order valence-electron chi connectivity index (χ4n) is 2.27. The maximum absolute atomic E-state index is 11.4. The number of aliphatic carboxylic acids is 1. The highest BCUT2D eigenvalue weighted by atomic mass is 16.5. The Labute approximate surface area is 130 Å². The van der Waals surface area contributed by atoms with Crippen molar-refractivity contribution in [3.05, 3.63) is 60.2 Å². The Morgan fingerprint density at radius 2 is 1.68 bits per heavy atom. The molecule has 116 valence electrons. The van der Waals surface area contributed by atoms with Gasteiger partial charge in [0.25, 0.3) is 0 Å². The van der Waals surface area contributed by atoms with E-state index in [2.05, 4.69) is 0 Å². The number of rotatable bonds is 8. The zero-order valence-electron chi connectivity index (χ0n) is 12.6. The minimum absolute atomic E-state index is 0.485. The van der Waals surface area contributed by atoms with Crippen LogP contribution in [0.2, 0.25) is 0 Å². The first-order valence-electron chi connectivity index (χ1n) is 7.25. The lowest BCUT2D eigenvalue weighted by Crippen LogP contribution is -2.13. The molecule has 0 aliphatic carbocycles. The van der Waals surface area contributed by atoms with Gasteiger partial charge in [-0.25, -0.2) is 0 Å². The molecule has 1 atom stereocenters. The van der Waals surface area contributed by atoms with Gasteiger partial charge in [0.1, 0.15) is 11.5 Å². The standard InChI is InChI=1S/C18H20O4/c1-21-15-9-11-16(12-10-15)22-13-5-8-17(18(19)20)14-6-3-2-4-7-14/h2-4,6-7,9-12,17H,5,8,13H2,1H3,(H,19,20). The topological polar surface area (TPSA) is 55.8 Å². The Bertz CT molecular complexity index is 578. The van der Waals surface area contributed by atoms with E-state index in [-0.39, 0.29) is 0 Å². The third-order valence-electron chi connectivity index (χ3n) is 3.47. The molecule has 1 N–H and O–H groups in total. The number of carboxylic acids is 1. The summed E-state index contributed by atoms with van der Waals surface area (Å²) >= 11 is 0. The van der Waals surface area contributed by atoms with Crippen molar-refractivity contribution in [1.82, 2.24) is 0 Å². The van der Waals surface area contributed by atoms with Gasteiger partial charge in [-0.15, -0.1) is 0 Å². The lowest BCUT2D eigenvalue weighted by atomic mass is 9.95. The van der Waals surface area contributed by atoms with Crippen LogP contribution in [0.4, 0.5) is 0 Å². The van der Waals surface area contributed by atoms with Crippen LogP contribution in [-0.4, -0.2) is 24.8 Å². The van der Waals surface area contributed by atoms with E-state index in [9.17, 15) is 9.90 Å². The van der Waals surface area contributed by atoms with E-state index in [0.717, 1.165) is 17.1 Å². The highest BCUT2D eigenvalue weighted by molar-refractivity contribution is 5.75. The number of methoxy groups -OCH3 is 1. The molecule has 0 amide bonds. The van der Waals surface area contributed by atoms with Crippen molar-refractivity contribution < 1.29 is 19.4 Å². The molecule has 0 bridgehead atoms. The van der Waals surface area contributed by atoms with Gasteiger partial charge in [-0.1, -0.05) is 30.3 Å². The predicted octanol–water partition coefficient (Wildman–Crippen LogP) is 3.72. The summed E-state index contributed by atoms with van der Waals surface area (Å²) in [5, 5.41) is 9.35. The summed E-state index contributed by atoms with van der Waals surface area (Å²) in [5.41, 5.74) is 0.833. The van der Waals surface area contributed by atoms with Gasteiger partial charge in [-0.3, -0.25) is 4.79 Å². The van der Waals surface area contributed by atoms with E-state index in [4.69, 9.17) is 9.47 Å². The SMILES string of the molecule is COc1ccc(OCCCC(C(=O)O)c2ccccc2)cc1. The summed E-state index contributed by atoms with van der Waals surface area (Å²) in [7, 11) is 1.62. The molecule has 0 aliphatic heterocycles. The molecule has 0 saturated heterocycles. The zero-order chi connectivity index (χ0) is 15.8. The maximum atomic E-state index is 11.4. The maximum Gasteiger partial charge on any atom is 0.310 e. The van der Waals surface area contributed by atoms with Gasteiger partial charge in [0.15, 0.2) is 0 Å². The van der Waals surface area contributed by atoms with Crippen LogP contribution in [0.1, 0.15) is 24.3 Å². The van der Waals surface area contributed by atoms with Gasteiger partial charge in [0.2, 0.25) is 0 Å². The molecule has 2 rings (SSSR count). The van der Waals surface area contributed by atoms with E-state index in [1.54, 1.807) is 7.11 Å². The summed E-state index contributed by atoms with van der Waals surface area (Å²) in [6.07, 6.45) is 1.23. The quantitative estimate of drug-likeness (QED) is 0.755. The normalized spacial score (nSPS) is 11.7. The molecule has 1 unspecified atom stereocenters. The van der Waals surface area contributed by atoms with E-state index in [1.807, 2.05) is 54.6 Å². The third-order valence-corrected chi connectivity index (χ3v) is 3.47. The van der Waals surface area contributed by atoms with Crippen molar-refractivity contribution in [3.63, 3.8) is 0 Å². The first kappa shape index (κ1) is 15.9. The number of carboxylic acid groups (broad SMARTS) is 1. The molecule has 0 saturated carbocycles. The summed E-state index contributed by atoms with van der Waals surface area (Å²) in [4.78, 5) is 11.4. The number of hydrogen-bond acceptors (Lipinski definition) is 3. The average molecular weight is 300 g/mol. The van der Waals surface area contributed by atoms with Crippen LogP contribution in [0.15, 0.2) is 54.6 Å². The third kappa shape index (κ3) is 4.52. The summed E-state index contributed by atoms with van der Waals surface area (Å²) in [6, 6.07) is 16.6. The molecule has 4 heteroatoms. The first-order valence-corrected chi connectivity index (χ1v) is 7.25. The molecular weight excluding hydrogens is 280 g/mol. The number of benzene rings is 2. The van der Waals surface area contributed by atoms with Crippen molar-refractivity contribution >= 4 is 5.97 Å². The first-order chi connectivity index (χ1) is 10.7. The number of ether oxygens (including phenoxy) is 2. The van der Waals surface area contributed by atoms with Crippen LogP contribution >= 0.6 is 0 Å². The van der Waals surface area contributed by atoms with Crippen LogP contribution in [0.25, 0.3) is 0 Å². The van der Waals surface area contributed by atoms with Crippen molar-refractivity contribution in [2.24, 2.45) is 0 Å². The molecule has 0 fully saturated rings.